The predicted octanol–water partition coefficient (Wildman–Crippen LogP) is 1.01. The SMILES string of the molecule is CCN(C(=O)O)c1cc(NCc2ccc(S(N)(=O)=O)cc2)c(N)c(N)n1. The molecule has 1 aromatic heterocycles. The number of nitrogens with zero attached hydrogens (tertiary/aromatic N) is 2. The maximum absolute atomic E-state index is 11.3. The number of rotatable bonds is 6. The summed E-state index contributed by atoms with van der Waals surface area (Å²) < 4.78 is 22.5. The first-order valence-electron chi connectivity index (χ1n) is 7.55. The van der Waals surface area contributed by atoms with E-state index < -0.39 is 16.1 Å². The Morgan fingerprint density at radius 2 is 1.88 bits per heavy atom. The average Bonchev–Trinajstić information content (AvgIpc) is 2.56. The molecule has 0 saturated carbocycles. The number of primary sulfonamides is 1. The van der Waals surface area contributed by atoms with E-state index in [-0.39, 0.29) is 28.8 Å². The number of hydrogen-bond donors (Lipinski definition) is 5. The molecule has 0 fully saturated rings. The molecule has 0 atom stereocenters. The van der Waals surface area contributed by atoms with Gasteiger partial charge in [-0.15, -0.1) is 0 Å². The Morgan fingerprint density at radius 3 is 2.38 bits per heavy atom. The summed E-state index contributed by atoms with van der Waals surface area (Å²) >= 11 is 0. The van der Waals surface area contributed by atoms with Crippen LogP contribution in [0.25, 0.3) is 0 Å². The molecule has 1 aromatic carbocycles. The maximum atomic E-state index is 11.3. The van der Waals surface area contributed by atoms with Crippen LogP contribution >= 0.6 is 0 Å². The molecule has 0 aliphatic rings. The van der Waals surface area contributed by atoms with E-state index in [2.05, 4.69) is 10.3 Å². The molecule has 140 valence electrons. The molecule has 0 saturated heterocycles. The summed E-state index contributed by atoms with van der Waals surface area (Å²) in [6, 6.07) is 7.48. The van der Waals surface area contributed by atoms with Crippen molar-refractivity contribution in [2.75, 3.05) is 28.2 Å². The molecular weight excluding hydrogens is 360 g/mol. The van der Waals surface area contributed by atoms with E-state index in [1.54, 1.807) is 19.1 Å². The monoisotopic (exact) mass is 380 g/mol. The van der Waals surface area contributed by atoms with Crippen LogP contribution in [0.1, 0.15) is 12.5 Å². The van der Waals surface area contributed by atoms with E-state index in [9.17, 15) is 18.3 Å². The summed E-state index contributed by atoms with van der Waals surface area (Å²) in [5.74, 6) is 0.160. The quantitative estimate of drug-likeness (QED) is 0.492. The molecule has 10 nitrogen and oxygen atoms in total. The summed E-state index contributed by atoms with van der Waals surface area (Å²) in [6.45, 7) is 2.17. The Bertz CT molecular complexity index is 914. The van der Waals surface area contributed by atoms with Crippen molar-refractivity contribution in [3.8, 4) is 0 Å². The number of nitrogens with one attached hydrogen (secondary N) is 1. The summed E-state index contributed by atoms with van der Waals surface area (Å²) in [7, 11) is -3.75. The molecule has 1 heterocycles. The third-order valence-electron chi connectivity index (χ3n) is 3.63. The van der Waals surface area contributed by atoms with Gasteiger partial charge in [0.15, 0.2) is 5.82 Å². The van der Waals surface area contributed by atoms with Crippen LogP contribution in [0.2, 0.25) is 0 Å². The average molecular weight is 380 g/mol. The molecule has 8 N–H and O–H groups in total. The lowest BCUT2D eigenvalue weighted by molar-refractivity contribution is 0.202. The zero-order valence-electron chi connectivity index (χ0n) is 14.0. The largest absolute Gasteiger partial charge is 0.465 e. The van der Waals surface area contributed by atoms with Crippen LogP contribution in [0.4, 0.5) is 27.8 Å². The van der Waals surface area contributed by atoms with Crippen molar-refractivity contribution in [1.29, 1.82) is 0 Å². The number of carbonyl (C=O) groups is 1. The van der Waals surface area contributed by atoms with Crippen LogP contribution in [-0.2, 0) is 16.6 Å². The number of aromatic nitrogens is 1. The van der Waals surface area contributed by atoms with Crippen molar-refractivity contribution in [3.05, 3.63) is 35.9 Å². The minimum Gasteiger partial charge on any atom is -0.465 e. The van der Waals surface area contributed by atoms with Gasteiger partial charge in [-0.1, -0.05) is 12.1 Å². The Morgan fingerprint density at radius 1 is 1.27 bits per heavy atom. The third-order valence-corrected chi connectivity index (χ3v) is 4.56. The first-order chi connectivity index (χ1) is 12.1. The van der Waals surface area contributed by atoms with E-state index in [0.717, 1.165) is 10.5 Å². The van der Waals surface area contributed by atoms with Gasteiger partial charge in [0.1, 0.15) is 5.82 Å². The lowest BCUT2D eigenvalue weighted by Gasteiger charge is -2.19. The number of carboxylic acid groups (broad SMARTS) is 1. The first-order valence-corrected chi connectivity index (χ1v) is 9.10. The normalized spacial score (nSPS) is 11.2. The Kier molecular flexibility index (Phi) is 5.53. The second kappa shape index (κ2) is 7.45. The van der Waals surface area contributed by atoms with Gasteiger partial charge in [-0.2, -0.15) is 0 Å². The van der Waals surface area contributed by atoms with Gasteiger partial charge in [0.05, 0.1) is 16.3 Å². The number of sulfonamides is 1. The van der Waals surface area contributed by atoms with Crippen molar-refractivity contribution >= 4 is 39.1 Å². The molecular formula is C15H20N6O4S. The van der Waals surface area contributed by atoms with E-state index in [0.29, 0.717) is 12.2 Å². The Balaban J connectivity index is 2.23. The second-order valence-electron chi connectivity index (χ2n) is 5.40. The van der Waals surface area contributed by atoms with Gasteiger partial charge in [-0.3, -0.25) is 4.90 Å². The van der Waals surface area contributed by atoms with E-state index in [1.807, 2.05) is 0 Å². The topological polar surface area (TPSA) is 178 Å². The van der Waals surface area contributed by atoms with Crippen LogP contribution in [0.15, 0.2) is 35.2 Å². The number of benzene rings is 1. The molecule has 0 aliphatic heterocycles. The highest BCUT2D eigenvalue weighted by Crippen LogP contribution is 2.29. The Labute approximate surface area is 150 Å². The van der Waals surface area contributed by atoms with Gasteiger partial charge in [-0.25, -0.2) is 23.3 Å². The fourth-order valence-electron chi connectivity index (χ4n) is 2.23. The summed E-state index contributed by atoms with van der Waals surface area (Å²) in [6.07, 6.45) is -1.16. The molecule has 2 aromatic rings. The fourth-order valence-corrected chi connectivity index (χ4v) is 2.75. The third kappa shape index (κ3) is 4.32. The summed E-state index contributed by atoms with van der Waals surface area (Å²) in [4.78, 5) is 16.3. The highest BCUT2D eigenvalue weighted by molar-refractivity contribution is 7.89. The lowest BCUT2D eigenvalue weighted by atomic mass is 10.2. The van der Waals surface area contributed by atoms with Gasteiger partial charge in [-0.05, 0) is 24.6 Å². The van der Waals surface area contributed by atoms with Crippen molar-refractivity contribution in [2.45, 2.75) is 18.4 Å². The van der Waals surface area contributed by atoms with E-state index >= 15 is 0 Å². The van der Waals surface area contributed by atoms with Crippen LogP contribution < -0.4 is 26.8 Å². The van der Waals surface area contributed by atoms with Crippen LogP contribution in [0, 0.1) is 0 Å². The van der Waals surface area contributed by atoms with Crippen molar-refractivity contribution in [2.24, 2.45) is 5.14 Å². The number of nitrogen functional groups attached to an aromatic ring is 2. The number of nitrogens with two attached hydrogens (primary N) is 3. The molecule has 2 rings (SSSR count). The van der Waals surface area contributed by atoms with Gasteiger partial charge < -0.3 is 21.9 Å². The van der Waals surface area contributed by atoms with Crippen LogP contribution in [0.3, 0.4) is 0 Å². The standard InChI is InChI=1S/C15H20N6O4S/c1-2-21(15(22)23)12-7-11(13(16)14(17)20-12)19-8-9-3-5-10(6-4-9)26(18,24)25/h3-7H,2,8,16H2,1H3,(H,22,23)(H3,17,19,20)(H2,18,24,25). The number of anilines is 4. The van der Waals surface area contributed by atoms with E-state index in [1.165, 1.54) is 18.2 Å². The highest BCUT2D eigenvalue weighted by atomic mass is 32.2. The summed E-state index contributed by atoms with van der Waals surface area (Å²) in [5.41, 5.74) is 13.1. The van der Waals surface area contributed by atoms with Gasteiger partial charge in [0.25, 0.3) is 0 Å². The molecule has 26 heavy (non-hydrogen) atoms. The number of hydrogen-bond acceptors (Lipinski definition) is 7. The zero-order valence-corrected chi connectivity index (χ0v) is 14.8. The second-order valence-corrected chi connectivity index (χ2v) is 6.96. The molecule has 1 amide bonds. The lowest BCUT2D eigenvalue weighted by Crippen LogP contribution is -2.30. The van der Waals surface area contributed by atoms with Crippen LogP contribution in [-0.4, -0.2) is 31.1 Å². The minimum absolute atomic E-state index is 0.00859. The van der Waals surface area contributed by atoms with Gasteiger partial charge >= 0.3 is 6.09 Å². The zero-order chi connectivity index (χ0) is 19.5. The molecule has 11 heteroatoms. The van der Waals surface area contributed by atoms with E-state index in [4.69, 9.17) is 16.6 Å². The summed E-state index contributed by atoms with van der Waals surface area (Å²) in [5, 5.41) is 17.3. The van der Waals surface area contributed by atoms with Crippen molar-refractivity contribution in [3.63, 3.8) is 0 Å². The smallest absolute Gasteiger partial charge is 0.413 e. The maximum Gasteiger partial charge on any atom is 0.413 e. The molecule has 0 spiro atoms. The van der Waals surface area contributed by atoms with Gasteiger partial charge in [0, 0.05) is 19.2 Å². The molecule has 0 aliphatic carbocycles. The minimum atomic E-state index is -3.75. The first kappa shape index (κ1) is 19.3. The molecule has 0 unspecified atom stereocenters. The van der Waals surface area contributed by atoms with Gasteiger partial charge in [0.2, 0.25) is 10.0 Å². The predicted molar refractivity (Wildman–Crippen MR) is 99.2 cm³/mol. The molecule has 0 bridgehead atoms. The number of amides is 1. The Hall–Kier alpha value is -3.05. The number of pyridine rings is 1. The van der Waals surface area contributed by atoms with Crippen LogP contribution in [0.5, 0.6) is 0 Å². The van der Waals surface area contributed by atoms with Crippen molar-refractivity contribution in [1.82, 2.24) is 4.98 Å². The van der Waals surface area contributed by atoms with Crippen molar-refractivity contribution < 1.29 is 18.3 Å². The molecule has 0 radical (unpaired) electrons. The fraction of sp³-hybridized carbons (Fsp3) is 0.200. The highest BCUT2D eigenvalue weighted by Gasteiger charge is 2.17.